The van der Waals surface area contributed by atoms with Crippen molar-refractivity contribution in [2.75, 3.05) is 18.4 Å². The van der Waals surface area contributed by atoms with Crippen LogP contribution in [0.15, 0.2) is 17.5 Å². The summed E-state index contributed by atoms with van der Waals surface area (Å²) in [7, 11) is 0. The Morgan fingerprint density at radius 2 is 2.60 bits per heavy atom. The Bertz CT molecular complexity index is 306. The first-order valence-electron chi connectivity index (χ1n) is 5.16. The third-order valence-electron chi connectivity index (χ3n) is 2.43. The number of rotatable bonds is 3. The van der Waals surface area contributed by atoms with Crippen LogP contribution in [0.4, 0.5) is 9.80 Å². The molecule has 82 valence electrons. The first-order chi connectivity index (χ1) is 7.34. The van der Waals surface area contributed by atoms with Gasteiger partial charge in [0.2, 0.25) is 0 Å². The summed E-state index contributed by atoms with van der Waals surface area (Å²) in [5, 5.41) is 11.8. The maximum atomic E-state index is 11.4. The Balaban J connectivity index is 1.68. The van der Waals surface area contributed by atoms with E-state index in [0.29, 0.717) is 12.6 Å². The molecule has 1 atom stereocenters. The van der Waals surface area contributed by atoms with Gasteiger partial charge in [-0.05, 0) is 36.9 Å². The fraction of sp³-hybridized carbons (Fsp3) is 0.500. The first kappa shape index (κ1) is 10.4. The van der Waals surface area contributed by atoms with Crippen LogP contribution in [0.3, 0.4) is 0 Å². The van der Waals surface area contributed by atoms with Crippen molar-refractivity contribution < 1.29 is 4.79 Å². The molecular weight excluding hydrogens is 210 g/mol. The highest BCUT2D eigenvalue weighted by Gasteiger charge is 2.14. The van der Waals surface area contributed by atoms with Gasteiger partial charge in [0.05, 0.1) is 5.00 Å². The highest BCUT2D eigenvalue weighted by molar-refractivity contribution is 7.14. The Labute approximate surface area is 93.1 Å². The van der Waals surface area contributed by atoms with Gasteiger partial charge in [-0.1, -0.05) is 0 Å². The van der Waals surface area contributed by atoms with Crippen LogP contribution in [0.2, 0.25) is 0 Å². The van der Waals surface area contributed by atoms with Crippen LogP contribution in [-0.4, -0.2) is 25.2 Å². The van der Waals surface area contributed by atoms with Crippen LogP contribution in [0.5, 0.6) is 0 Å². The zero-order valence-electron chi connectivity index (χ0n) is 8.45. The molecule has 3 N–H and O–H groups in total. The molecule has 0 spiro atoms. The zero-order chi connectivity index (χ0) is 10.5. The Hall–Kier alpha value is -1.07. The minimum Gasteiger partial charge on any atom is -0.336 e. The smallest absolute Gasteiger partial charge is 0.319 e. The maximum absolute atomic E-state index is 11.4. The second-order valence-corrected chi connectivity index (χ2v) is 4.55. The van der Waals surface area contributed by atoms with Crippen molar-refractivity contribution in [3.63, 3.8) is 0 Å². The van der Waals surface area contributed by atoms with Crippen molar-refractivity contribution in [3.8, 4) is 0 Å². The SMILES string of the molecule is O=C(NCC1CCCN1)Nc1cccs1. The number of nitrogens with one attached hydrogen (secondary N) is 3. The summed E-state index contributed by atoms with van der Waals surface area (Å²) in [4.78, 5) is 11.4. The largest absolute Gasteiger partial charge is 0.336 e. The summed E-state index contributed by atoms with van der Waals surface area (Å²) in [6.45, 7) is 1.77. The molecule has 1 aromatic heterocycles. The lowest BCUT2D eigenvalue weighted by molar-refractivity contribution is 0.251. The van der Waals surface area contributed by atoms with Gasteiger partial charge in [0.1, 0.15) is 0 Å². The second-order valence-electron chi connectivity index (χ2n) is 3.61. The highest BCUT2D eigenvalue weighted by Crippen LogP contribution is 2.14. The van der Waals surface area contributed by atoms with Gasteiger partial charge in [-0.25, -0.2) is 4.79 Å². The van der Waals surface area contributed by atoms with Gasteiger partial charge in [0.25, 0.3) is 0 Å². The van der Waals surface area contributed by atoms with E-state index in [1.165, 1.54) is 17.8 Å². The van der Waals surface area contributed by atoms with Gasteiger partial charge >= 0.3 is 6.03 Å². The fourth-order valence-corrected chi connectivity index (χ4v) is 2.27. The second kappa shape index (κ2) is 5.14. The predicted octanol–water partition coefficient (Wildman–Crippen LogP) is 1.62. The molecule has 0 radical (unpaired) electrons. The lowest BCUT2D eigenvalue weighted by atomic mass is 10.2. The number of urea groups is 1. The van der Waals surface area contributed by atoms with Gasteiger partial charge in [-0.3, -0.25) is 5.32 Å². The van der Waals surface area contributed by atoms with Crippen molar-refractivity contribution in [2.45, 2.75) is 18.9 Å². The molecule has 0 aromatic carbocycles. The average Bonchev–Trinajstić information content (AvgIpc) is 2.86. The molecule has 2 amide bonds. The van der Waals surface area contributed by atoms with Gasteiger partial charge < -0.3 is 10.6 Å². The quantitative estimate of drug-likeness (QED) is 0.732. The number of amides is 2. The Morgan fingerprint density at radius 1 is 1.67 bits per heavy atom. The molecule has 0 saturated carbocycles. The minimum atomic E-state index is -0.119. The summed E-state index contributed by atoms with van der Waals surface area (Å²) < 4.78 is 0. The van der Waals surface area contributed by atoms with Gasteiger partial charge in [0.15, 0.2) is 0 Å². The number of thiophene rings is 1. The monoisotopic (exact) mass is 225 g/mol. The van der Waals surface area contributed by atoms with Crippen LogP contribution in [0, 0.1) is 0 Å². The lowest BCUT2D eigenvalue weighted by Crippen LogP contribution is -2.39. The molecule has 1 saturated heterocycles. The number of carbonyl (C=O) groups excluding carboxylic acids is 1. The first-order valence-corrected chi connectivity index (χ1v) is 6.04. The van der Waals surface area contributed by atoms with E-state index < -0.39 is 0 Å². The highest BCUT2D eigenvalue weighted by atomic mass is 32.1. The van der Waals surface area contributed by atoms with Crippen LogP contribution in [0.25, 0.3) is 0 Å². The molecule has 0 aliphatic carbocycles. The molecular formula is C10H15N3OS. The van der Waals surface area contributed by atoms with E-state index in [1.54, 1.807) is 0 Å². The van der Waals surface area contributed by atoms with E-state index in [9.17, 15) is 4.79 Å². The molecule has 15 heavy (non-hydrogen) atoms. The lowest BCUT2D eigenvalue weighted by Gasteiger charge is -2.11. The van der Waals surface area contributed by atoms with Gasteiger partial charge in [0, 0.05) is 12.6 Å². The molecule has 1 aliphatic rings. The van der Waals surface area contributed by atoms with Crippen molar-refractivity contribution in [2.24, 2.45) is 0 Å². The topological polar surface area (TPSA) is 53.2 Å². The molecule has 1 fully saturated rings. The summed E-state index contributed by atoms with van der Waals surface area (Å²) in [5.74, 6) is 0. The number of hydrogen-bond acceptors (Lipinski definition) is 3. The predicted molar refractivity (Wildman–Crippen MR) is 62.4 cm³/mol. The molecule has 0 bridgehead atoms. The van der Waals surface area contributed by atoms with Crippen LogP contribution in [0.1, 0.15) is 12.8 Å². The summed E-state index contributed by atoms with van der Waals surface area (Å²) in [6, 6.07) is 4.13. The van der Waals surface area contributed by atoms with Crippen molar-refractivity contribution in [1.29, 1.82) is 0 Å². The third kappa shape index (κ3) is 3.21. The van der Waals surface area contributed by atoms with Crippen LogP contribution in [-0.2, 0) is 0 Å². The number of anilines is 1. The molecule has 1 unspecified atom stereocenters. The number of carbonyl (C=O) groups is 1. The Kier molecular flexibility index (Phi) is 3.58. The van der Waals surface area contributed by atoms with E-state index in [-0.39, 0.29) is 6.03 Å². The van der Waals surface area contributed by atoms with E-state index in [2.05, 4.69) is 16.0 Å². The molecule has 5 heteroatoms. The van der Waals surface area contributed by atoms with Gasteiger partial charge in [-0.2, -0.15) is 0 Å². The van der Waals surface area contributed by atoms with Crippen LogP contribution < -0.4 is 16.0 Å². The third-order valence-corrected chi connectivity index (χ3v) is 3.21. The maximum Gasteiger partial charge on any atom is 0.319 e. The molecule has 4 nitrogen and oxygen atoms in total. The van der Waals surface area contributed by atoms with Gasteiger partial charge in [-0.15, -0.1) is 11.3 Å². The molecule has 2 heterocycles. The molecule has 2 rings (SSSR count). The normalized spacial score (nSPS) is 20.1. The van der Waals surface area contributed by atoms with Crippen molar-refractivity contribution in [3.05, 3.63) is 17.5 Å². The standard InChI is InChI=1S/C10H15N3OS/c14-10(13-9-4-2-6-15-9)12-7-8-3-1-5-11-8/h2,4,6,8,11H,1,3,5,7H2,(H2,12,13,14). The minimum absolute atomic E-state index is 0.119. The van der Waals surface area contributed by atoms with Crippen molar-refractivity contribution >= 4 is 22.4 Å². The number of hydrogen-bond donors (Lipinski definition) is 3. The molecule has 1 aliphatic heterocycles. The van der Waals surface area contributed by atoms with E-state index in [4.69, 9.17) is 0 Å². The Morgan fingerprint density at radius 3 is 3.27 bits per heavy atom. The summed E-state index contributed by atoms with van der Waals surface area (Å²) in [6.07, 6.45) is 2.36. The molecule has 1 aromatic rings. The van der Waals surface area contributed by atoms with Crippen LogP contribution >= 0.6 is 11.3 Å². The van der Waals surface area contributed by atoms with E-state index in [1.807, 2.05) is 17.5 Å². The van der Waals surface area contributed by atoms with Crippen molar-refractivity contribution in [1.82, 2.24) is 10.6 Å². The van der Waals surface area contributed by atoms with E-state index >= 15 is 0 Å². The fourth-order valence-electron chi connectivity index (χ4n) is 1.65. The average molecular weight is 225 g/mol. The summed E-state index contributed by atoms with van der Waals surface area (Å²) >= 11 is 1.52. The van der Waals surface area contributed by atoms with E-state index in [0.717, 1.165) is 18.0 Å². The summed E-state index contributed by atoms with van der Waals surface area (Å²) in [5.41, 5.74) is 0. The zero-order valence-corrected chi connectivity index (χ0v) is 9.27.